The maximum Gasteiger partial charge on any atom is 0.503 e. The third-order valence-electron chi connectivity index (χ3n) is 0. The van der Waals surface area contributed by atoms with E-state index in [2.05, 4.69) is 7.11 Å². The minimum Gasteiger partial charge on any atom is -0.450 e. The molecule has 0 rings (SSSR count). The first-order chi connectivity index (χ1) is 2.73. The Morgan fingerprint density at radius 2 is 1.33 bits per heavy atom. The molecule has 0 aromatic heterocycles. The van der Waals surface area contributed by atoms with Gasteiger partial charge in [-0.2, -0.15) is 0 Å². The maximum atomic E-state index is 8.56. The van der Waals surface area contributed by atoms with E-state index in [-0.39, 0.29) is 0 Å². The van der Waals surface area contributed by atoms with Gasteiger partial charge < -0.3 is 15.3 Å². The van der Waals surface area contributed by atoms with Crippen LogP contribution >= 0.6 is 0 Å². The first kappa shape index (κ1) is 8.97. The molecule has 1 radical (unpaired) electrons. The van der Waals surface area contributed by atoms with Gasteiger partial charge in [0.1, 0.15) is 0 Å². The Hall–Kier alpha value is -0.770. The molecule has 0 aliphatic carbocycles. The van der Waals surface area contributed by atoms with Gasteiger partial charge in [-0.15, -0.1) is 0 Å². The zero-order valence-electron chi connectivity index (χ0n) is 2.96. The van der Waals surface area contributed by atoms with Crippen LogP contribution in [0.3, 0.4) is 0 Å². The molecule has 0 aliphatic heterocycles. The molecular weight excluding hydrogens is 88.0 g/mol. The normalized spacial score (nSPS) is 5.00. The van der Waals surface area contributed by atoms with Gasteiger partial charge in [-0.05, 0) is 0 Å². The average molecular weight is 93.1 g/mol. The van der Waals surface area contributed by atoms with Gasteiger partial charge in [-0.3, -0.25) is 0 Å². The lowest BCUT2D eigenvalue weighted by molar-refractivity contribution is 0.137. The standard InChI is InChI=1S/CH2O3.CH3O/c2-1(3)4;1-2/h(H2,2,3,4);2H,1H2. The van der Waals surface area contributed by atoms with E-state index in [1.807, 2.05) is 0 Å². The number of carbonyl (C=O) groups is 1. The Labute approximate surface area is 34.7 Å². The maximum absolute atomic E-state index is 8.56. The molecule has 0 heterocycles. The first-order valence-corrected chi connectivity index (χ1v) is 0.968. The van der Waals surface area contributed by atoms with Crippen LogP contribution in [0.1, 0.15) is 0 Å². The zero-order chi connectivity index (χ0) is 5.58. The molecule has 4 heteroatoms. The van der Waals surface area contributed by atoms with E-state index in [1.54, 1.807) is 0 Å². The molecule has 0 saturated heterocycles. The molecule has 4 nitrogen and oxygen atoms in total. The third-order valence-corrected chi connectivity index (χ3v) is 0. The van der Waals surface area contributed by atoms with Gasteiger partial charge in [0, 0.05) is 0 Å². The summed E-state index contributed by atoms with van der Waals surface area (Å²) in [5.74, 6) is 0. The number of hydrogen-bond donors (Lipinski definition) is 3. The third kappa shape index (κ3) is 27.1. The zero-order valence-corrected chi connectivity index (χ0v) is 2.96. The number of aliphatic hydroxyl groups excluding tert-OH is 1. The van der Waals surface area contributed by atoms with Crippen LogP contribution in [0.2, 0.25) is 0 Å². The first-order valence-electron chi connectivity index (χ1n) is 0.968. The highest BCUT2D eigenvalue weighted by molar-refractivity contribution is 5.53. The molecule has 0 bridgehead atoms. The summed E-state index contributed by atoms with van der Waals surface area (Å²) >= 11 is 0. The molecule has 37 valence electrons. The number of hydrogen-bond acceptors (Lipinski definition) is 2. The van der Waals surface area contributed by atoms with Gasteiger partial charge >= 0.3 is 6.16 Å². The minimum atomic E-state index is -1.83. The second kappa shape index (κ2) is 8.87. The predicted octanol–water partition coefficient (Wildman–Crippen LogP) is 0.373. The van der Waals surface area contributed by atoms with E-state index >= 15 is 0 Å². The summed E-state index contributed by atoms with van der Waals surface area (Å²) < 4.78 is 0. The molecule has 6 heavy (non-hydrogen) atoms. The summed E-state index contributed by atoms with van der Waals surface area (Å²) in [6.07, 6.45) is -1.83. The van der Waals surface area contributed by atoms with Crippen molar-refractivity contribution in [1.29, 1.82) is 0 Å². The Balaban J connectivity index is 0. The van der Waals surface area contributed by atoms with Crippen LogP contribution in [0.25, 0.3) is 0 Å². The molecule has 0 aromatic rings. The van der Waals surface area contributed by atoms with Crippen molar-refractivity contribution in [2.45, 2.75) is 0 Å². The minimum absolute atomic E-state index is 1.83. The molecule has 0 unspecified atom stereocenters. The SMILES string of the molecule is O=C(O)O.[CH2]O. The van der Waals surface area contributed by atoms with Crippen molar-refractivity contribution in [3.05, 3.63) is 7.11 Å². The second-order valence-corrected chi connectivity index (χ2v) is 0.283. The fraction of sp³-hybridized carbons (Fsp3) is 0. The lowest BCUT2D eigenvalue weighted by atomic mass is 11.5. The van der Waals surface area contributed by atoms with Gasteiger partial charge in [-0.1, -0.05) is 0 Å². The highest BCUT2D eigenvalue weighted by atomic mass is 16.6. The summed E-state index contributed by atoms with van der Waals surface area (Å²) in [6.45, 7) is 0. The molecule has 0 amide bonds. The monoisotopic (exact) mass is 93.0 g/mol. The van der Waals surface area contributed by atoms with Crippen LogP contribution in [-0.4, -0.2) is 21.5 Å². The van der Waals surface area contributed by atoms with Crippen LogP contribution < -0.4 is 0 Å². The largest absolute Gasteiger partial charge is 0.503 e. The fourth-order valence-electron chi connectivity index (χ4n) is 0. The summed E-state index contributed by atoms with van der Waals surface area (Å²) in [5.41, 5.74) is 0. The van der Waals surface area contributed by atoms with Gasteiger partial charge in [0.05, 0.1) is 7.11 Å². The van der Waals surface area contributed by atoms with Crippen molar-refractivity contribution in [1.82, 2.24) is 0 Å². The number of aliphatic hydroxyl groups is 1. The molecule has 0 aliphatic rings. The Morgan fingerprint density at radius 3 is 1.33 bits per heavy atom. The van der Waals surface area contributed by atoms with E-state index in [1.165, 1.54) is 0 Å². The highest BCUT2D eigenvalue weighted by Gasteiger charge is 1.70. The molecule has 3 N–H and O–H groups in total. The fourth-order valence-corrected chi connectivity index (χ4v) is 0. The van der Waals surface area contributed by atoms with Gasteiger partial charge in [0.25, 0.3) is 0 Å². The quantitative estimate of drug-likeness (QED) is 0.404. The lowest BCUT2D eigenvalue weighted by Gasteiger charge is -1.60. The average Bonchev–Trinajstić information content (AvgIpc) is 1.41. The van der Waals surface area contributed by atoms with Crippen molar-refractivity contribution < 1.29 is 20.1 Å². The number of rotatable bonds is 0. The summed E-state index contributed by atoms with van der Waals surface area (Å²) in [7, 11) is 2.25. The molecule has 0 spiro atoms. The molecule has 0 fully saturated rings. The Bertz CT molecular complexity index is 28.5. The van der Waals surface area contributed by atoms with Crippen LogP contribution in [0, 0.1) is 7.11 Å². The lowest BCUT2D eigenvalue weighted by Crippen LogP contribution is -1.81. The molecule has 0 aromatic carbocycles. The van der Waals surface area contributed by atoms with Crippen molar-refractivity contribution in [3.63, 3.8) is 0 Å². The summed E-state index contributed by atoms with van der Waals surface area (Å²) in [6, 6.07) is 0. The van der Waals surface area contributed by atoms with E-state index in [9.17, 15) is 0 Å². The highest BCUT2D eigenvalue weighted by Crippen LogP contribution is 1.42. The topological polar surface area (TPSA) is 77.8 Å². The van der Waals surface area contributed by atoms with E-state index in [0.29, 0.717) is 0 Å². The smallest absolute Gasteiger partial charge is 0.450 e. The van der Waals surface area contributed by atoms with Gasteiger partial charge in [0.15, 0.2) is 0 Å². The molecule has 0 atom stereocenters. The second-order valence-electron chi connectivity index (χ2n) is 0.283. The number of carboxylic acid groups (broad SMARTS) is 2. The van der Waals surface area contributed by atoms with Crippen molar-refractivity contribution >= 4 is 6.16 Å². The van der Waals surface area contributed by atoms with Gasteiger partial charge in [0.2, 0.25) is 0 Å². The Morgan fingerprint density at radius 1 is 1.33 bits per heavy atom. The molecular formula is C2H5O4. The van der Waals surface area contributed by atoms with Crippen molar-refractivity contribution in [2.24, 2.45) is 0 Å². The van der Waals surface area contributed by atoms with E-state index in [0.717, 1.165) is 0 Å². The van der Waals surface area contributed by atoms with Crippen LogP contribution in [0.15, 0.2) is 0 Å². The van der Waals surface area contributed by atoms with Crippen LogP contribution in [-0.2, 0) is 0 Å². The molecule has 0 saturated carbocycles. The summed E-state index contributed by atoms with van der Waals surface area (Å²) in [4.78, 5) is 8.56. The van der Waals surface area contributed by atoms with Crippen molar-refractivity contribution in [3.8, 4) is 0 Å². The van der Waals surface area contributed by atoms with Crippen LogP contribution in [0.5, 0.6) is 0 Å². The van der Waals surface area contributed by atoms with Gasteiger partial charge in [-0.25, -0.2) is 4.79 Å². The van der Waals surface area contributed by atoms with Crippen molar-refractivity contribution in [2.75, 3.05) is 0 Å². The van der Waals surface area contributed by atoms with E-state index < -0.39 is 6.16 Å². The summed E-state index contributed by atoms with van der Waals surface area (Å²) in [5, 5.41) is 20.7. The van der Waals surface area contributed by atoms with Crippen LogP contribution in [0.4, 0.5) is 4.79 Å². The predicted molar refractivity (Wildman–Crippen MR) is 17.9 cm³/mol. The Kier molecular flexibility index (Phi) is 13.3. The van der Waals surface area contributed by atoms with E-state index in [4.69, 9.17) is 20.1 Å².